The number of carbonyl (C=O) groups excluding carboxylic acids is 1. The van der Waals surface area contributed by atoms with Gasteiger partial charge in [-0.05, 0) is 29.8 Å². The van der Waals surface area contributed by atoms with Gasteiger partial charge >= 0.3 is 12.8 Å². The molecule has 0 aliphatic carbocycles. The molecule has 2 rings (SSSR count). The van der Waals surface area contributed by atoms with Crippen molar-refractivity contribution < 1.29 is 31.5 Å². The fourth-order valence-electron chi connectivity index (χ4n) is 2.10. The molecule has 0 aliphatic heterocycles. The molecule has 10 heteroatoms. The van der Waals surface area contributed by atoms with E-state index in [0.29, 0.717) is 5.56 Å². The van der Waals surface area contributed by atoms with Crippen molar-refractivity contribution in [2.24, 2.45) is 0 Å². The van der Waals surface area contributed by atoms with Crippen LogP contribution in [0.1, 0.15) is 11.1 Å². The van der Waals surface area contributed by atoms with Gasteiger partial charge in [0.1, 0.15) is 11.6 Å². The molecule has 0 unspecified atom stereocenters. The van der Waals surface area contributed by atoms with Crippen molar-refractivity contribution in [2.45, 2.75) is 19.2 Å². The molecule has 1 aromatic carbocycles. The summed E-state index contributed by atoms with van der Waals surface area (Å²) in [6.45, 7) is -2.41. The molecule has 5 nitrogen and oxygen atoms in total. The molecule has 1 heterocycles. The molecule has 2 N–H and O–H groups in total. The Bertz CT molecular complexity index is 734. The van der Waals surface area contributed by atoms with E-state index >= 15 is 0 Å². The Morgan fingerprint density at radius 2 is 1.78 bits per heavy atom. The third kappa shape index (κ3) is 7.08. The van der Waals surface area contributed by atoms with Crippen molar-refractivity contribution >= 4 is 11.7 Å². The smallest absolute Gasteiger partial charge is 0.417 e. The van der Waals surface area contributed by atoms with E-state index in [2.05, 4.69) is 20.4 Å². The van der Waals surface area contributed by atoms with E-state index in [1.807, 2.05) is 0 Å². The third-order valence-corrected chi connectivity index (χ3v) is 3.36. The summed E-state index contributed by atoms with van der Waals surface area (Å²) in [6, 6.07) is 7.80. The number of ether oxygens (including phenoxy) is 1. The largest absolute Gasteiger partial charge is 0.435 e. The molecule has 0 atom stereocenters. The van der Waals surface area contributed by atoms with Gasteiger partial charge in [0, 0.05) is 19.3 Å². The second-order valence-corrected chi connectivity index (χ2v) is 5.41. The van der Waals surface area contributed by atoms with Crippen molar-refractivity contribution in [3.05, 3.63) is 53.7 Å². The van der Waals surface area contributed by atoms with Crippen LogP contribution in [0.5, 0.6) is 5.75 Å². The Kier molecular flexibility index (Phi) is 6.91. The molecule has 0 spiro atoms. The summed E-state index contributed by atoms with van der Waals surface area (Å²) in [5.41, 5.74) is -0.224. The number of anilines is 1. The van der Waals surface area contributed by atoms with E-state index in [0.717, 1.165) is 12.3 Å². The highest BCUT2D eigenvalue weighted by Gasteiger charge is 2.30. The number of amides is 1. The molecule has 27 heavy (non-hydrogen) atoms. The van der Waals surface area contributed by atoms with Gasteiger partial charge in [-0.2, -0.15) is 22.0 Å². The Morgan fingerprint density at radius 1 is 1.07 bits per heavy atom. The van der Waals surface area contributed by atoms with Crippen molar-refractivity contribution in [3.8, 4) is 5.75 Å². The zero-order valence-corrected chi connectivity index (χ0v) is 13.9. The van der Waals surface area contributed by atoms with Crippen LogP contribution in [-0.2, 0) is 17.4 Å². The fourth-order valence-corrected chi connectivity index (χ4v) is 2.10. The highest BCUT2D eigenvalue weighted by Crippen LogP contribution is 2.28. The second kappa shape index (κ2) is 9.15. The number of hydrogen-bond acceptors (Lipinski definition) is 4. The number of hydrogen-bond donors (Lipinski definition) is 2. The summed E-state index contributed by atoms with van der Waals surface area (Å²) in [5.74, 6) is -0.0334. The van der Waals surface area contributed by atoms with Crippen LogP contribution in [0.4, 0.5) is 27.8 Å². The van der Waals surface area contributed by atoms with Gasteiger partial charge in [-0.1, -0.05) is 12.1 Å². The van der Waals surface area contributed by atoms with Crippen molar-refractivity contribution in [3.63, 3.8) is 0 Å². The van der Waals surface area contributed by atoms with E-state index in [1.165, 1.54) is 30.3 Å². The Labute approximate surface area is 151 Å². The molecule has 1 aromatic heterocycles. The zero-order valence-electron chi connectivity index (χ0n) is 13.9. The molecule has 146 valence electrons. The minimum Gasteiger partial charge on any atom is -0.435 e. The van der Waals surface area contributed by atoms with Crippen LogP contribution in [0.15, 0.2) is 42.6 Å². The summed E-state index contributed by atoms with van der Waals surface area (Å²) in [4.78, 5) is 15.5. The van der Waals surface area contributed by atoms with E-state index in [1.54, 1.807) is 0 Å². The van der Waals surface area contributed by atoms with E-state index in [4.69, 9.17) is 0 Å². The second-order valence-electron chi connectivity index (χ2n) is 5.41. The monoisotopic (exact) mass is 389 g/mol. The van der Waals surface area contributed by atoms with E-state index in [9.17, 15) is 26.7 Å². The first-order valence-corrected chi connectivity index (χ1v) is 7.81. The Balaban J connectivity index is 1.70. The number of pyridine rings is 1. The SMILES string of the molecule is O=C(Cc1ccc(OC(F)F)cc1)NCCNc1ccc(C(F)(F)F)cn1. The number of alkyl halides is 5. The summed E-state index contributed by atoms with van der Waals surface area (Å²) in [7, 11) is 0. The molecule has 1 amide bonds. The highest BCUT2D eigenvalue weighted by molar-refractivity contribution is 5.78. The molecule has 0 aliphatic rings. The van der Waals surface area contributed by atoms with Gasteiger partial charge in [-0.3, -0.25) is 4.79 Å². The van der Waals surface area contributed by atoms with Gasteiger partial charge in [0.2, 0.25) is 5.91 Å². The van der Waals surface area contributed by atoms with Crippen LogP contribution in [0.2, 0.25) is 0 Å². The van der Waals surface area contributed by atoms with E-state index in [-0.39, 0.29) is 37.0 Å². The first-order valence-electron chi connectivity index (χ1n) is 7.81. The maximum absolute atomic E-state index is 12.4. The average Bonchev–Trinajstić information content (AvgIpc) is 2.60. The highest BCUT2D eigenvalue weighted by atomic mass is 19.4. The van der Waals surface area contributed by atoms with Gasteiger partial charge in [-0.25, -0.2) is 4.98 Å². The number of nitrogens with one attached hydrogen (secondary N) is 2. The van der Waals surface area contributed by atoms with Crippen LogP contribution in [-0.4, -0.2) is 30.6 Å². The number of halogens is 5. The third-order valence-electron chi connectivity index (χ3n) is 3.36. The molecule has 0 saturated heterocycles. The van der Waals surface area contributed by atoms with Crippen LogP contribution < -0.4 is 15.4 Å². The first kappa shape index (κ1) is 20.4. The first-order chi connectivity index (χ1) is 12.7. The predicted molar refractivity (Wildman–Crippen MR) is 87.5 cm³/mol. The summed E-state index contributed by atoms with van der Waals surface area (Å²) in [6.07, 6.45) is -3.67. The van der Waals surface area contributed by atoms with Crippen molar-refractivity contribution in [1.29, 1.82) is 0 Å². The van der Waals surface area contributed by atoms with Crippen LogP contribution in [0.3, 0.4) is 0 Å². The van der Waals surface area contributed by atoms with Gasteiger partial charge in [-0.15, -0.1) is 0 Å². The number of benzene rings is 1. The number of carbonyl (C=O) groups is 1. The van der Waals surface area contributed by atoms with Crippen molar-refractivity contribution in [2.75, 3.05) is 18.4 Å². The number of aromatic nitrogens is 1. The number of nitrogens with zero attached hydrogens (tertiary/aromatic N) is 1. The van der Waals surface area contributed by atoms with Crippen LogP contribution in [0, 0.1) is 0 Å². The fraction of sp³-hybridized carbons (Fsp3) is 0.294. The summed E-state index contributed by atoms with van der Waals surface area (Å²) in [5, 5.41) is 5.41. The standard InChI is InChI=1S/C17H16F5N3O2/c18-16(19)27-13-4-1-11(2-5-13)9-15(26)24-8-7-23-14-6-3-12(10-25-14)17(20,21)22/h1-6,10,16H,7-9H2,(H,23,25)(H,24,26). The van der Waals surface area contributed by atoms with Crippen molar-refractivity contribution in [1.82, 2.24) is 10.3 Å². The minimum absolute atomic E-state index is 0.00222. The molecular formula is C17H16F5N3O2. The topological polar surface area (TPSA) is 63.2 Å². The summed E-state index contributed by atoms with van der Waals surface area (Å²) >= 11 is 0. The lowest BCUT2D eigenvalue weighted by Gasteiger charge is -2.10. The van der Waals surface area contributed by atoms with E-state index < -0.39 is 18.4 Å². The number of rotatable bonds is 8. The molecule has 2 aromatic rings. The maximum atomic E-state index is 12.4. The minimum atomic E-state index is -4.44. The Morgan fingerprint density at radius 3 is 2.33 bits per heavy atom. The molecule has 0 bridgehead atoms. The maximum Gasteiger partial charge on any atom is 0.417 e. The van der Waals surface area contributed by atoms with Gasteiger partial charge in [0.05, 0.1) is 12.0 Å². The Hall–Kier alpha value is -2.91. The van der Waals surface area contributed by atoms with Gasteiger partial charge in [0.25, 0.3) is 0 Å². The van der Waals surface area contributed by atoms with Crippen LogP contribution >= 0.6 is 0 Å². The molecular weight excluding hydrogens is 373 g/mol. The lowest BCUT2D eigenvalue weighted by Crippen LogP contribution is -2.30. The average molecular weight is 389 g/mol. The predicted octanol–water partition coefficient (Wildman–Crippen LogP) is 3.47. The normalized spacial score (nSPS) is 11.3. The lowest BCUT2D eigenvalue weighted by atomic mass is 10.1. The summed E-state index contributed by atoms with van der Waals surface area (Å²) < 4.78 is 65.6. The molecule has 0 radical (unpaired) electrons. The van der Waals surface area contributed by atoms with Gasteiger partial charge < -0.3 is 15.4 Å². The zero-order chi connectivity index (χ0) is 19.9. The quantitative estimate of drug-likeness (QED) is 0.536. The van der Waals surface area contributed by atoms with Gasteiger partial charge in [0.15, 0.2) is 0 Å². The van der Waals surface area contributed by atoms with Crippen LogP contribution in [0.25, 0.3) is 0 Å². The lowest BCUT2D eigenvalue weighted by molar-refractivity contribution is -0.137. The molecule has 0 fully saturated rings. The molecule has 0 saturated carbocycles.